The van der Waals surface area contributed by atoms with Crippen LogP contribution in [0.1, 0.15) is 24.0 Å². The van der Waals surface area contributed by atoms with E-state index in [2.05, 4.69) is 5.32 Å². The lowest BCUT2D eigenvalue weighted by Crippen LogP contribution is -2.42. The highest BCUT2D eigenvalue weighted by Gasteiger charge is 2.26. The van der Waals surface area contributed by atoms with E-state index in [9.17, 15) is 9.59 Å². The minimum atomic E-state index is -0.769. The van der Waals surface area contributed by atoms with Crippen LogP contribution in [0.25, 0.3) is 0 Å². The van der Waals surface area contributed by atoms with E-state index in [1.807, 2.05) is 36.9 Å². The van der Waals surface area contributed by atoms with E-state index in [1.54, 1.807) is 0 Å². The van der Waals surface area contributed by atoms with Gasteiger partial charge >= 0.3 is 5.97 Å². The molecular formula is C16H22N2O3. The zero-order valence-corrected chi connectivity index (χ0v) is 12.6. The third-order valence-corrected chi connectivity index (χ3v) is 4.10. The summed E-state index contributed by atoms with van der Waals surface area (Å²) in [6, 6.07) is 5.81. The van der Waals surface area contributed by atoms with E-state index < -0.39 is 5.97 Å². The first-order valence-electron chi connectivity index (χ1n) is 7.28. The van der Waals surface area contributed by atoms with Gasteiger partial charge in [0.15, 0.2) is 0 Å². The zero-order valence-electron chi connectivity index (χ0n) is 12.6. The maximum atomic E-state index is 12.1. The number of anilines is 1. The molecule has 0 saturated carbocycles. The molecule has 1 aromatic carbocycles. The molecule has 1 aliphatic heterocycles. The van der Waals surface area contributed by atoms with E-state index in [-0.39, 0.29) is 18.4 Å². The molecule has 0 aromatic heterocycles. The Balaban J connectivity index is 1.92. The van der Waals surface area contributed by atoms with Gasteiger partial charge in [-0.3, -0.25) is 14.5 Å². The Kier molecular flexibility index (Phi) is 4.96. The van der Waals surface area contributed by atoms with Crippen molar-refractivity contribution in [1.29, 1.82) is 0 Å². The second-order valence-corrected chi connectivity index (χ2v) is 5.71. The number of nitrogens with one attached hydrogen (secondary N) is 1. The molecule has 1 fully saturated rings. The molecule has 1 amide bonds. The van der Waals surface area contributed by atoms with Crippen LogP contribution in [0.15, 0.2) is 18.2 Å². The van der Waals surface area contributed by atoms with Crippen molar-refractivity contribution >= 4 is 17.6 Å². The van der Waals surface area contributed by atoms with Crippen LogP contribution in [-0.4, -0.2) is 41.5 Å². The summed E-state index contributed by atoms with van der Waals surface area (Å²) < 4.78 is 0. The number of aryl methyl sites for hydroxylation is 1. The number of nitrogens with zero attached hydrogens (tertiary/aromatic N) is 1. The normalized spacial score (nSPS) is 19.2. The molecular weight excluding hydrogens is 268 g/mol. The van der Waals surface area contributed by atoms with Crippen molar-refractivity contribution in [3.05, 3.63) is 29.3 Å². The third-order valence-electron chi connectivity index (χ3n) is 4.10. The monoisotopic (exact) mass is 290 g/mol. The third kappa shape index (κ3) is 4.04. The number of rotatable bonds is 4. The van der Waals surface area contributed by atoms with Crippen LogP contribution in [0.2, 0.25) is 0 Å². The second-order valence-electron chi connectivity index (χ2n) is 5.71. The molecule has 0 bridgehead atoms. The highest BCUT2D eigenvalue weighted by molar-refractivity contribution is 5.93. The predicted molar refractivity (Wildman–Crippen MR) is 81.3 cm³/mol. The van der Waals surface area contributed by atoms with Crippen LogP contribution in [0.5, 0.6) is 0 Å². The van der Waals surface area contributed by atoms with Gasteiger partial charge in [0.05, 0.1) is 12.5 Å². The molecule has 1 saturated heterocycles. The summed E-state index contributed by atoms with van der Waals surface area (Å²) in [5.74, 6) is -1.21. The molecule has 1 atom stereocenters. The summed E-state index contributed by atoms with van der Waals surface area (Å²) in [6.07, 6.45) is 1.53. The van der Waals surface area contributed by atoms with Gasteiger partial charge in [-0.1, -0.05) is 12.1 Å². The number of amides is 1. The molecule has 0 spiro atoms. The van der Waals surface area contributed by atoms with Gasteiger partial charge in [0, 0.05) is 12.2 Å². The fourth-order valence-corrected chi connectivity index (χ4v) is 2.68. The van der Waals surface area contributed by atoms with Crippen molar-refractivity contribution < 1.29 is 14.7 Å². The fraction of sp³-hybridized carbons (Fsp3) is 0.500. The van der Waals surface area contributed by atoms with Crippen LogP contribution in [0.3, 0.4) is 0 Å². The number of carboxylic acids is 1. The lowest BCUT2D eigenvalue weighted by atomic mass is 9.98. The molecule has 1 aliphatic rings. The smallest absolute Gasteiger partial charge is 0.307 e. The van der Waals surface area contributed by atoms with E-state index in [4.69, 9.17) is 5.11 Å². The number of aliphatic carboxylic acids is 1. The van der Waals surface area contributed by atoms with Gasteiger partial charge < -0.3 is 10.4 Å². The minimum Gasteiger partial charge on any atom is -0.481 e. The first kappa shape index (κ1) is 15.5. The average Bonchev–Trinajstić information content (AvgIpc) is 2.44. The number of carboxylic acid groups (broad SMARTS) is 1. The SMILES string of the molecule is Cc1cccc(NC(=O)CN2CCCC(C(=O)O)C2)c1C. The molecule has 114 valence electrons. The van der Waals surface area contributed by atoms with Gasteiger partial charge in [-0.2, -0.15) is 0 Å². The number of hydrogen-bond acceptors (Lipinski definition) is 3. The average molecular weight is 290 g/mol. The molecule has 0 radical (unpaired) electrons. The molecule has 1 aromatic rings. The quantitative estimate of drug-likeness (QED) is 0.890. The van der Waals surface area contributed by atoms with Gasteiger partial charge in [0.25, 0.3) is 0 Å². The number of carbonyl (C=O) groups excluding carboxylic acids is 1. The van der Waals surface area contributed by atoms with Gasteiger partial charge in [0.2, 0.25) is 5.91 Å². The summed E-state index contributed by atoms with van der Waals surface area (Å²) in [5, 5.41) is 12.0. The second kappa shape index (κ2) is 6.72. The topological polar surface area (TPSA) is 69.6 Å². The molecule has 5 nitrogen and oxygen atoms in total. The number of benzene rings is 1. The predicted octanol–water partition coefficient (Wildman–Crippen LogP) is 2.04. The van der Waals surface area contributed by atoms with Crippen molar-refractivity contribution in [1.82, 2.24) is 4.90 Å². The summed E-state index contributed by atoms with van der Waals surface area (Å²) in [7, 11) is 0. The standard InChI is InChI=1S/C16H22N2O3/c1-11-5-3-7-14(12(11)2)17-15(19)10-18-8-4-6-13(9-18)16(20)21/h3,5,7,13H,4,6,8-10H2,1-2H3,(H,17,19)(H,20,21). The fourth-order valence-electron chi connectivity index (χ4n) is 2.68. The summed E-state index contributed by atoms with van der Waals surface area (Å²) in [4.78, 5) is 25.1. The Hall–Kier alpha value is -1.88. The largest absolute Gasteiger partial charge is 0.481 e. The van der Waals surface area contributed by atoms with E-state index in [0.29, 0.717) is 13.0 Å². The van der Waals surface area contributed by atoms with E-state index in [0.717, 1.165) is 29.8 Å². The first-order valence-corrected chi connectivity index (χ1v) is 7.28. The minimum absolute atomic E-state index is 0.0882. The van der Waals surface area contributed by atoms with Gasteiger partial charge in [-0.05, 0) is 50.4 Å². The van der Waals surface area contributed by atoms with Crippen molar-refractivity contribution in [2.75, 3.05) is 25.0 Å². The first-order chi connectivity index (χ1) is 9.97. The molecule has 1 unspecified atom stereocenters. The van der Waals surface area contributed by atoms with Crippen LogP contribution >= 0.6 is 0 Å². The van der Waals surface area contributed by atoms with Gasteiger partial charge in [-0.25, -0.2) is 0 Å². The number of hydrogen-bond donors (Lipinski definition) is 2. The van der Waals surface area contributed by atoms with Crippen LogP contribution in [0, 0.1) is 19.8 Å². The molecule has 21 heavy (non-hydrogen) atoms. The number of carbonyl (C=O) groups is 2. The lowest BCUT2D eigenvalue weighted by Gasteiger charge is -2.30. The zero-order chi connectivity index (χ0) is 15.4. The van der Waals surface area contributed by atoms with Crippen molar-refractivity contribution in [3.8, 4) is 0 Å². The van der Waals surface area contributed by atoms with Crippen LogP contribution < -0.4 is 5.32 Å². The Bertz CT molecular complexity index is 542. The van der Waals surface area contributed by atoms with Crippen molar-refractivity contribution in [3.63, 3.8) is 0 Å². The molecule has 0 aliphatic carbocycles. The molecule has 1 heterocycles. The van der Waals surface area contributed by atoms with Crippen molar-refractivity contribution in [2.45, 2.75) is 26.7 Å². The van der Waals surface area contributed by atoms with Crippen LogP contribution in [0.4, 0.5) is 5.69 Å². The van der Waals surface area contributed by atoms with E-state index >= 15 is 0 Å². The van der Waals surface area contributed by atoms with E-state index in [1.165, 1.54) is 0 Å². The van der Waals surface area contributed by atoms with Crippen LogP contribution in [-0.2, 0) is 9.59 Å². The highest BCUT2D eigenvalue weighted by Crippen LogP contribution is 2.19. The Labute approximate surface area is 125 Å². The number of likely N-dealkylation sites (tertiary alicyclic amines) is 1. The maximum absolute atomic E-state index is 12.1. The van der Waals surface area contributed by atoms with Gasteiger partial charge in [0.1, 0.15) is 0 Å². The lowest BCUT2D eigenvalue weighted by molar-refractivity contribution is -0.144. The Morgan fingerprint density at radius 3 is 2.86 bits per heavy atom. The Morgan fingerprint density at radius 1 is 1.38 bits per heavy atom. The maximum Gasteiger partial charge on any atom is 0.307 e. The number of piperidine rings is 1. The summed E-state index contributed by atoms with van der Waals surface area (Å²) >= 11 is 0. The molecule has 5 heteroatoms. The summed E-state index contributed by atoms with van der Waals surface area (Å²) in [6.45, 7) is 5.47. The summed E-state index contributed by atoms with van der Waals surface area (Å²) in [5.41, 5.74) is 3.02. The van der Waals surface area contributed by atoms with Gasteiger partial charge in [-0.15, -0.1) is 0 Å². The molecule has 2 N–H and O–H groups in total. The van der Waals surface area contributed by atoms with Crippen molar-refractivity contribution in [2.24, 2.45) is 5.92 Å². The Morgan fingerprint density at radius 2 is 2.14 bits per heavy atom. The molecule has 2 rings (SSSR count). The highest BCUT2D eigenvalue weighted by atomic mass is 16.4.